The molecule has 1 aliphatic rings. The molecule has 2 unspecified atom stereocenters. The number of amides is 1. The number of aromatic nitrogens is 1. The monoisotopic (exact) mass is 292 g/mol. The van der Waals surface area contributed by atoms with Gasteiger partial charge in [-0.1, -0.05) is 6.07 Å². The smallest absolute Gasteiger partial charge is 0.241 e. The quantitative estimate of drug-likeness (QED) is 0.843. The van der Waals surface area contributed by atoms with Crippen LogP contribution in [-0.4, -0.2) is 66.6 Å². The molecule has 21 heavy (non-hydrogen) atoms. The van der Waals surface area contributed by atoms with E-state index in [0.29, 0.717) is 19.1 Å². The maximum Gasteiger partial charge on any atom is 0.241 e. The first-order valence-corrected chi connectivity index (χ1v) is 7.30. The number of hydrogen-bond acceptors (Lipinski definition) is 5. The molecule has 1 saturated heterocycles. The normalized spacial score (nSPS) is 19.3. The first-order chi connectivity index (χ1) is 10.1. The predicted molar refractivity (Wildman–Crippen MR) is 80.7 cm³/mol. The highest BCUT2D eigenvalue weighted by Gasteiger charge is 2.27. The van der Waals surface area contributed by atoms with Gasteiger partial charge < -0.3 is 15.4 Å². The van der Waals surface area contributed by atoms with Crippen LogP contribution in [0, 0.1) is 0 Å². The van der Waals surface area contributed by atoms with Crippen molar-refractivity contribution in [1.82, 2.24) is 14.8 Å². The SMILES string of the molecule is COCC(N)C(=O)N1CCN(C(C)c2cccnc2)CC1. The molecule has 0 spiro atoms. The van der Waals surface area contributed by atoms with Crippen molar-refractivity contribution < 1.29 is 9.53 Å². The van der Waals surface area contributed by atoms with Crippen LogP contribution in [0.5, 0.6) is 0 Å². The Kier molecular flexibility index (Phi) is 5.67. The molecule has 6 heteroatoms. The molecule has 0 aliphatic carbocycles. The van der Waals surface area contributed by atoms with E-state index in [0.717, 1.165) is 13.1 Å². The second-order valence-corrected chi connectivity index (χ2v) is 5.39. The number of methoxy groups -OCH3 is 1. The number of carbonyl (C=O) groups is 1. The molecule has 0 aromatic carbocycles. The summed E-state index contributed by atoms with van der Waals surface area (Å²) in [6.45, 7) is 5.56. The van der Waals surface area contributed by atoms with E-state index in [9.17, 15) is 4.79 Å². The van der Waals surface area contributed by atoms with E-state index in [2.05, 4.69) is 22.9 Å². The molecular weight excluding hydrogens is 268 g/mol. The van der Waals surface area contributed by atoms with E-state index in [1.165, 1.54) is 5.56 Å². The molecule has 1 aliphatic heterocycles. The average molecular weight is 292 g/mol. The average Bonchev–Trinajstić information content (AvgIpc) is 2.54. The zero-order chi connectivity index (χ0) is 15.2. The Morgan fingerprint density at radius 1 is 1.43 bits per heavy atom. The summed E-state index contributed by atoms with van der Waals surface area (Å²) >= 11 is 0. The van der Waals surface area contributed by atoms with Crippen molar-refractivity contribution in [2.24, 2.45) is 5.73 Å². The fraction of sp³-hybridized carbons (Fsp3) is 0.600. The first kappa shape index (κ1) is 15.9. The highest BCUT2D eigenvalue weighted by atomic mass is 16.5. The summed E-state index contributed by atoms with van der Waals surface area (Å²) in [4.78, 5) is 20.5. The summed E-state index contributed by atoms with van der Waals surface area (Å²) in [5.74, 6) is -0.0227. The van der Waals surface area contributed by atoms with Crippen molar-refractivity contribution in [3.8, 4) is 0 Å². The van der Waals surface area contributed by atoms with Gasteiger partial charge in [-0.25, -0.2) is 0 Å². The minimum Gasteiger partial charge on any atom is -0.383 e. The molecule has 1 amide bonds. The molecule has 0 radical (unpaired) electrons. The lowest BCUT2D eigenvalue weighted by Crippen LogP contribution is -2.54. The van der Waals surface area contributed by atoms with Gasteiger partial charge in [0.15, 0.2) is 0 Å². The first-order valence-electron chi connectivity index (χ1n) is 7.30. The summed E-state index contributed by atoms with van der Waals surface area (Å²) in [7, 11) is 1.56. The number of ether oxygens (including phenoxy) is 1. The van der Waals surface area contributed by atoms with Gasteiger partial charge >= 0.3 is 0 Å². The van der Waals surface area contributed by atoms with Gasteiger partial charge in [-0.05, 0) is 18.6 Å². The molecule has 0 saturated carbocycles. The highest BCUT2D eigenvalue weighted by molar-refractivity contribution is 5.81. The Balaban J connectivity index is 1.87. The molecular formula is C15H24N4O2. The van der Waals surface area contributed by atoms with Gasteiger partial charge in [-0.3, -0.25) is 14.7 Å². The van der Waals surface area contributed by atoms with Crippen molar-refractivity contribution in [2.45, 2.75) is 19.0 Å². The third kappa shape index (κ3) is 4.00. The van der Waals surface area contributed by atoms with Gasteiger partial charge in [0.2, 0.25) is 5.91 Å². The van der Waals surface area contributed by atoms with Crippen molar-refractivity contribution in [3.05, 3.63) is 30.1 Å². The number of nitrogens with zero attached hydrogens (tertiary/aromatic N) is 3. The van der Waals surface area contributed by atoms with Gasteiger partial charge in [0, 0.05) is 51.7 Å². The number of rotatable bonds is 5. The second-order valence-electron chi connectivity index (χ2n) is 5.39. The number of hydrogen-bond donors (Lipinski definition) is 1. The lowest BCUT2D eigenvalue weighted by atomic mass is 10.1. The van der Waals surface area contributed by atoms with Crippen molar-refractivity contribution in [2.75, 3.05) is 39.9 Å². The van der Waals surface area contributed by atoms with Crippen molar-refractivity contribution in [1.29, 1.82) is 0 Å². The minimum atomic E-state index is -0.558. The standard InChI is InChI=1S/C15H24N4O2/c1-12(13-4-3-5-17-10-13)18-6-8-19(9-7-18)15(20)14(16)11-21-2/h3-5,10,12,14H,6-9,11,16H2,1-2H3. The van der Waals surface area contributed by atoms with E-state index in [-0.39, 0.29) is 12.5 Å². The Morgan fingerprint density at radius 3 is 2.71 bits per heavy atom. The summed E-state index contributed by atoms with van der Waals surface area (Å²) in [6, 6.07) is 3.79. The van der Waals surface area contributed by atoms with Crippen LogP contribution < -0.4 is 5.73 Å². The van der Waals surface area contributed by atoms with E-state index >= 15 is 0 Å². The van der Waals surface area contributed by atoms with Gasteiger partial charge in [0.05, 0.1) is 6.61 Å². The summed E-state index contributed by atoms with van der Waals surface area (Å²) in [6.07, 6.45) is 3.68. The Hall–Kier alpha value is -1.50. The minimum absolute atomic E-state index is 0.0227. The number of carbonyl (C=O) groups excluding carboxylic acids is 1. The Bertz CT molecular complexity index is 446. The van der Waals surface area contributed by atoms with Crippen LogP contribution in [-0.2, 0) is 9.53 Å². The predicted octanol–water partition coefficient (Wildman–Crippen LogP) is 0.261. The van der Waals surface area contributed by atoms with Gasteiger partial charge in [0.1, 0.15) is 6.04 Å². The molecule has 0 bridgehead atoms. The Labute approximate surface area is 125 Å². The number of piperazine rings is 1. The largest absolute Gasteiger partial charge is 0.383 e. The number of pyridine rings is 1. The van der Waals surface area contributed by atoms with Crippen LogP contribution in [0.3, 0.4) is 0 Å². The fourth-order valence-electron chi connectivity index (χ4n) is 2.65. The number of nitrogens with two attached hydrogens (primary N) is 1. The van der Waals surface area contributed by atoms with Gasteiger partial charge in [-0.2, -0.15) is 0 Å². The molecule has 2 rings (SSSR count). The lowest BCUT2D eigenvalue weighted by Gasteiger charge is -2.38. The summed E-state index contributed by atoms with van der Waals surface area (Å²) in [5, 5.41) is 0. The molecule has 2 atom stereocenters. The molecule has 1 aromatic rings. The molecule has 6 nitrogen and oxygen atoms in total. The molecule has 1 fully saturated rings. The molecule has 2 heterocycles. The summed E-state index contributed by atoms with van der Waals surface area (Å²) < 4.78 is 4.94. The maximum atomic E-state index is 12.1. The third-order valence-corrected chi connectivity index (χ3v) is 4.00. The van der Waals surface area contributed by atoms with Crippen LogP contribution >= 0.6 is 0 Å². The van der Waals surface area contributed by atoms with E-state index in [1.54, 1.807) is 13.3 Å². The fourth-order valence-corrected chi connectivity index (χ4v) is 2.65. The van der Waals surface area contributed by atoms with Crippen molar-refractivity contribution >= 4 is 5.91 Å². The van der Waals surface area contributed by atoms with E-state index < -0.39 is 6.04 Å². The summed E-state index contributed by atoms with van der Waals surface area (Å²) in [5.41, 5.74) is 7.01. The van der Waals surface area contributed by atoms with Crippen LogP contribution in [0.2, 0.25) is 0 Å². The van der Waals surface area contributed by atoms with Crippen LogP contribution in [0.15, 0.2) is 24.5 Å². The lowest BCUT2D eigenvalue weighted by molar-refractivity contribution is -0.135. The van der Waals surface area contributed by atoms with Crippen LogP contribution in [0.1, 0.15) is 18.5 Å². The van der Waals surface area contributed by atoms with Crippen LogP contribution in [0.25, 0.3) is 0 Å². The molecule has 116 valence electrons. The Morgan fingerprint density at radius 2 is 2.14 bits per heavy atom. The highest BCUT2D eigenvalue weighted by Crippen LogP contribution is 2.20. The second kappa shape index (κ2) is 7.49. The molecule has 2 N–H and O–H groups in total. The zero-order valence-electron chi connectivity index (χ0n) is 12.7. The van der Waals surface area contributed by atoms with Gasteiger partial charge in [0.25, 0.3) is 0 Å². The topological polar surface area (TPSA) is 71.7 Å². The third-order valence-electron chi connectivity index (χ3n) is 4.00. The van der Waals surface area contributed by atoms with Crippen LogP contribution in [0.4, 0.5) is 0 Å². The van der Waals surface area contributed by atoms with E-state index in [1.807, 2.05) is 17.2 Å². The maximum absolute atomic E-state index is 12.1. The van der Waals surface area contributed by atoms with E-state index in [4.69, 9.17) is 10.5 Å². The van der Waals surface area contributed by atoms with Gasteiger partial charge in [-0.15, -0.1) is 0 Å². The zero-order valence-corrected chi connectivity index (χ0v) is 12.7. The molecule has 1 aromatic heterocycles. The van der Waals surface area contributed by atoms with Crippen molar-refractivity contribution in [3.63, 3.8) is 0 Å².